The van der Waals surface area contributed by atoms with Gasteiger partial charge in [0.2, 0.25) is 0 Å². The number of carbonyl (C=O) groups excluding carboxylic acids is 1. The molecule has 2 nitrogen and oxygen atoms in total. The van der Waals surface area contributed by atoms with Gasteiger partial charge in [-0.3, -0.25) is 0 Å². The molecule has 0 amide bonds. The van der Waals surface area contributed by atoms with Crippen LogP contribution in [0.25, 0.3) is 0 Å². The second kappa shape index (κ2) is 5.86. The number of halogens is 4. The van der Waals surface area contributed by atoms with Gasteiger partial charge in [-0.2, -0.15) is 0 Å². The van der Waals surface area contributed by atoms with Crippen LogP contribution in [0.2, 0.25) is 0 Å². The molecule has 0 unspecified atom stereocenters. The van der Waals surface area contributed by atoms with Crippen molar-refractivity contribution in [2.75, 3.05) is 6.61 Å². The third-order valence-electron chi connectivity index (χ3n) is 2.32. The molecule has 0 saturated heterocycles. The van der Waals surface area contributed by atoms with Gasteiger partial charge in [0.05, 0.1) is 6.61 Å². The van der Waals surface area contributed by atoms with Crippen LogP contribution in [0.4, 0.5) is 17.6 Å². The van der Waals surface area contributed by atoms with E-state index in [9.17, 15) is 22.4 Å². The van der Waals surface area contributed by atoms with Crippen molar-refractivity contribution in [1.29, 1.82) is 0 Å². The van der Waals surface area contributed by atoms with E-state index in [1.165, 1.54) is 13.8 Å². The van der Waals surface area contributed by atoms with Crippen LogP contribution in [0.15, 0.2) is 12.2 Å². The first-order valence-electron chi connectivity index (χ1n) is 5.47. The lowest BCUT2D eigenvalue weighted by atomic mass is 9.99. The molecule has 0 N–H and O–H groups in total. The van der Waals surface area contributed by atoms with Crippen LogP contribution in [0.5, 0.6) is 0 Å². The topological polar surface area (TPSA) is 26.3 Å². The van der Waals surface area contributed by atoms with Crippen LogP contribution >= 0.6 is 0 Å². The van der Waals surface area contributed by atoms with E-state index in [2.05, 4.69) is 11.3 Å². The van der Waals surface area contributed by atoms with Crippen LogP contribution in [-0.4, -0.2) is 12.6 Å². The number of allylic oxidation sites excluding steroid dienone is 1. The summed E-state index contributed by atoms with van der Waals surface area (Å²) in [5, 5.41) is 0. The summed E-state index contributed by atoms with van der Waals surface area (Å²) in [4.78, 5) is 11.5. The van der Waals surface area contributed by atoms with Gasteiger partial charge in [-0.15, -0.1) is 0 Å². The summed E-state index contributed by atoms with van der Waals surface area (Å²) < 4.78 is 58.1. The van der Waals surface area contributed by atoms with Crippen molar-refractivity contribution < 1.29 is 27.1 Å². The fourth-order valence-corrected chi connectivity index (χ4v) is 1.56. The summed E-state index contributed by atoms with van der Waals surface area (Å²) in [6.45, 7) is 6.29. The number of rotatable bonds is 4. The largest absolute Gasteiger partial charge is 0.462 e. The Morgan fingerprint density at radius 3 is 2.11 bits per heavy atom. The molecule has 1 aromatic rings. The zero-order valence-electron chi connectivity index (χ0n) is 10.4. The molecule has 19 heavy (non-hydrogen) atoms. The molecule has 0 atom stereocenters. The van der Waals surface area contributed by atoms with E-state index in [1.807, 2.05) is 0 Å². The predicted molar refractivity (Wildman–Crippen MR) is 60.7 cm³/mol. The van der Waals surface area contributed by atoms with Crippen LogP contribution in [-0.2, 0) is 11.2 Å². The van der Waals surface area contributed by atoms with E-state index in [0.29, 0.717) is 5.57 Å². The Morgan fingerprint density at radius 1 is 1.11 bits per heavy atom. The summed E-state index contributed by atoms with van der Waals surface area (Å²) >= 11 is 0. The Labute approximate surface area is 107 Å². The summed E-state index contributed by atoms with van der Waals surface area (Å²) in [6, 6.07) is 0. The predicted octanol–water partition coefficient (Wildman–Crippen LogP) is 3.54. The molecule has 0 radical (unpaired) electrons. The highest BCUT2D eigenvalue weighted by Crippen LogP contribution is 2.26. The SMILES string of the molecule is C=C(C)Cc1c(F)c(F)c(F)c(F)c1C(=O)OCC. The lowest BCUT2D eigenvalue weighted by Gasteiger charge is -2.12. The molecular weight excluding hydrogens is 264 g/mol. The molecular formula is C13H12F4O2. The van der Waals surface area contributed by atoms with E-state index >= 15 is 0 Å². The molecule has 0 bridgehead atoms. The first kappa shape index (κ1) is 15.2. The minimum Gasteiger partial charge on any atom is -0.462 e. The summed E-state index contributed by atoms with van der Waals surface area (Å²) in [6.07, 6.45) is -0.298. The van der Waals surface area contributed by atoms with Gasteiger partial charge >= 0.3 is 5.97 Å². The van der Waals surface area contributed by atoms with Crippen LogP contribution < -0.4 is 0 Å². The van der Waals surface area contributed by atoms with Crippen LogP contribution in [0.3, 0.4) is 0 Å². The zero-order valence-corrected chi connectivity index (χ0v) is 10.4. The number of ether oxygens (including phenoxy) is 1. The molecule has 0 aliphatic rings. The van der Waals surface area contributed by atoms with Crippen molar-refractivity contribution in [3.63, 3.8) is 0 Å². The maximum Gasteiger partial charge on any atom is 0.341 e. The molecule has 0 heterocycles. The van der Waals surface area contributed by atoms with Gasteiger partial charge in [-0.05, 0) is 20.3 Å². The van der Waals surface area contributed by atoms with Gasteiger partial charge in [0, 0.05) is 5.56 Å². The molecule has 0 aromatic heterocycles. The maximum atomic E-state index is 13.6. The highest BCUT2D eigenvalue weighted by atomic mass is 19.2. The Balaban J connectivity index is 3.56. The van der Waals surface area contributed by atoms with Crippen molar-refractivity contribution in [2.45, 2.75) is 20.3 Å². The lowest BCUT2D eigenvalue weighted by Crippen LogP contribution is -2.16. The van der Waals surface area contributed by atoms with Crippen LogP contribution in [0.1, 0.15) is 29.8 Å². The number of esters is 1. The third kappa shape index (κ3) is 2.94. The molecule has 6 heteroatoms. The van der Waals surface area contributed by atoms with Gasteiger partial charge in [-0.1, -0.05) is 12.2 Å². The quantitative estimate of drug-likeness (QED) is 0.276. The standard InChI is InChI=1S/C13H12F4O2/c1-4-19-13(18)8-7(5-6(2)3)9(14)11(16)12(17)10(8)15/h2,4-5H2,1,3H3. The number of carbonyl (C=O) groups is 1. The van der Waals surface area contributed by atoms with E-state index in [0.717, 1.165) is 0 Å². The van der Waals surface area contributed by atoms with Crippen molar-refractivity contribution >= 4 is 5.97 Å². The number of hydrogen-bond acceptors (Lipinski definition) is 2. The molecule has 0 aliphatic carbocycles. The molecule has 0 saturated carbocycles. The summed E-state index contributed by atoms with van der Waals surface area (Å²) in [5.41, 5.74) is -1.17. The van der Waals surface area contributed by atoms with Gasteiger partial charge in [-0.25, -0.2) is 22.4 Å². The Kier molecular flexibility index (Phi) is 4.69. The van der Waals surface area contributed by atoms with Crippen molar-refractivity contribution in [3.05, 3.63) is 46.5 Å². The number of hydrogen-bond donors (Lipinski definition) is 0. The molecule has 0 fully saturated rings. The van der Waals surface area contributed by atoms with E-state index < -0.39 is 40.4 Å². The molecule has 1 aromatic carbocycles. The molecule has 0 aliphatic heterocycles. The first-order chi connectivity index (χ1) is 8.81. The normalized spacial score (nSPS) is 10.4. The number of benzene rings is 1. The minimum atomic E-state index is -2.04. The van der Waals surface area contributed by atoms with Crippen molar-refractivity contribution in [3.8, 4) is 0 Å². The fraction of sp³-hybridized carbons (Fsp3) is 0.308. The highest BCUT2D eigenvalue weighted by Gasteiger charge is 2.29. The monoisotopic (exact) mass is 276 g/mol. The average molecular weight is 276 g/mol. The Hall–Kier alpha value is -1.85. The zero-order chi connectivity index (χ0) is 14.7. The second-order valence-corrected chi connectivity index (χ2v) is 3.96. The fourth-order valence-electron chi connectivity index (χ4n) is 1.56. The average Bonchev–Trinajstić information content (AvgIpc) is 2.33. The minimum absolute atomic E-state index is 0.106. The molecule has 104 valence electrons. The van der Waals surface area contributed by atoms with Crippen molar-refractivity contribution in [2.24, 2.45) is 0 Å². The van der Waals surface area contributed by atoms with Gasteiger partial charge in [0.25, 0.3) is 0 Å². The molecule has 1 rings (SSSR count). The van der Waals surface area contributed by atoms with E-state index in [1.54, 1.807) is 0 Å². The van der Waals surface area contributed by atoms with E-state index in [4.69, 9.17) is 0 Å². The smallest absolute Gasteiger partial charge is 0.341 e. The second-order valence-electron chi connectivity index (χ2n) is 3.96. The Bertz CT molecular complexity index is 538. The van der Waals surface area contributed by atoms with Gasteiger partial charge in [0.1, 0.15) is 5.56 Å². The summed E-state index contributed by atoms with van der Waals surface area (Å²) in [5.74, 6) is -8.60. The first-order valence-corrected chi connectivity index (χ1v) is 5.47. The maximum absolute atomic E-state index is 13.6. The van der Waals surface area contributed by atoms with E-state index in [-0.39, 0.29) is 13.0 Å². The summed E-state index contributed by atoms with van der Waals surface area (Å²) in [7, 11) is 0. The molecule has 0 spiro atoms. The van der Waals surface area contributed by atoms with Crippen molar-refractivity contribution in [1.82, 2.24) is 0 Å². The lowest BCUT2D eigenvalue weighted by molar-refractivity contribution is 0.0517. The van der Waals surface area contributed by atoms with Crippen LogP contribution in [0, 0.1) is 23.3 Å². The van der Waals surface area contributed by atoms with Gasteiger partial charge < -0.3 is 4.74 Å². The Morgan fingerprint density at radius 2 is 1.63 bits per heavy atom. The van der Waals surface area contributed by atoms with Gasteiger partial charge in [0.15, 0.2) is 23.3 Å². The third-order valence-corrected chi connectivity index (χ3v) is 2.32. The highest BCUT2D eigenvalue weighted by molar-refractivity contribution is 5.91.